The van der Waals surface area contributed by atoms with Crippen LogP contribution in [-0.2, 0) is 41.8 Å². The Hall–Kier alpha value is 1.05. The molecule has 0 aromatic carbocycles. The maximum Gasteiger partial charge on any atom is 0.120 e. The molecule has 1 rings (SSSR count). The van der Waals surface area contributed by atoms with Gasteiger partial charge in [0.1, 0.15) is 36.6 Å². The molecule has 0 saturated heterocycles. The van der Waals surface area contributed by atoms with Crippen LogP contribution in [0.5, 0.6) is 0 Å². The quantitative estimate of drug-likeness (QED) is 0.321. The van der Waals surface area contributed by atoms with E-state index in [0.717, 1.165) is 0 Å². The zero-order valence-corrected chi connectivity index (χ0v) is 15.4. The van der Waals surface area contributed by atoms with Gasteiger partial charge in [0.15, 0.2) is 0 Å². The topological polar surface area (TPSA) is 244 Å². The summed E-state index contributed by atoms with van der Waals surface area (Å²) >= 11 is 7.81. The highest BCUT2D eigenvalue weighted by atomic mass is 32.5. The molecule has 6 unspecified atom stereocenters. The van der Waals surface area contributed by atoms with Crippen LogP contribution >= 0.6 is 21.3 Å². The fourth-order valence-corrected chi connectivity index (χ4v) is 4.21. The van der Waals surface area contributed by atoms with Crippen LogP contribution in [0.15, 0.2) is 0 Å². The SMILES string of the molecule is O=P([O-])([O-])OC1C(O)C(O)C(OP([O-])([O-])=S)C(OP([O-])([O-])=S)C1O. The van der Waals surface area contributed by atoms with Gasteiger partial charge in [-0.3, -0.25) is 0 Å². The summed E-state index contributed by atoms with van der Waals surface area (Å²) in [7, 11) is -5.81. The van der Waals surface area contributed by atoms with E-state index in [4.69, 9.17) is 0 Å². The van der Waals surface area contributed by atoms with Crippen LogP contribution in [0.1, 0.15) is 0 Å². The number of hydrogen-bond acceptors (Lipinski definition) is 15. The Labute approximate surface area is 144 Å². The van der Waals surface area contributed by atoms with Gasteiger partial charge in [0.2, 0.25) is 0 Å². The van der Waals surface area contributed by atoms with Crippen molar-refractivity contribution in [3.63, 3.8) is 0 Å². The number of phosphoric ester groups is 1. The number of aliphatic hydroxyl groups is 3. The Kier molecular flexibility index (Phi) is 7.66. The van der Waals surface area contributed by atoms with E-state index in [1.165, 1.54) is 0 Å². The zero-order chi connectivity index (χ0) is 19.1. The molecular weight excluding hydrogens is 437 g/mol. The van der Waals surface area contributed by atoms with Gasteiger partial charge in [0, 0.05) is 0 Å². The van der Waals surface area contributed by atoms with Gasteiger partial charge in [-0.1, -0.05) is 13.4 Å². The van der Waals surface area contributed by atoms with Crippen molar-refractivity contribution in [2.24, 2.45) is 0 Å². The molecule has 0 aromatic rings. The smallest absolute Gasteiger partial charge is 0.120 e. The Morgan fingerprint density at radius 2 is 1.00 bits per heavy atom. The van der Waals surface area contributed by atoms with Crippen LogP contribution in [0.2, 0.25) is 0 Å². The lowest BCUT2D eigenvalue weighted by Crippen LogP contribution is -2.66. The van der Waals surface area contributed by atoms with Crippen LogP contribution in [0, 0.1) is 0 Å². The first kappa shape index (κ1) is 23.1. The average molecular weight is 446 g/mol. The molecule has 0 amide bonds. The summed E-state index contributed by atoms with van der Waals surface area (Å²) in [6, 6.07) is 0. The molecule has 24 heavy (non-hydrogen) atoms. The monoisotopic (exact) mass is 446 g/mol. The van der Waals surface area contributed by atoms with Crippen molar-refractivity contribution in [3.05, 3.63) is 0 Å². The molecule has 0 bridgehead atoms. The fraction of sp³-hybridized carbons (Fsp3) is 1.00. The Bertz CT molecular complexity index is 582. The molecular formula is C6H9O13P3S2-6. The minimum Gasteiger partial charge on any atom is -0.812 e. The Morgan fingerprint density at radius 3 is 1.33 bits per heavy atom. The van der Waals surface area contributed by atoms with Crippen molar-refractivity contribution in [3.8, 4) is 0 Å². The van der Waals surface area contributed by atoms with Crippen LogP contribution < -0.4 is 29.4 Å². The summed E-state index contributed by atoms with van der Waals surface area (Å²) in [5, 5.41) is 29.3. The first-order chi connectivity index (χ1) is 10.5. The molecule has 1 saturated carbocycles. The van der Waals surface area contributed by atoms with Crippen LogP contribution in [0.25, 0.3) is 0 Å². The molecule has 0 aromatic heterocycles. The van der Waals surface area contributed by atoms with Gasteiger partial charge in [-0.05, 0) is 0 Å². The highest BCUT2D eigenvalue weighted by molar-refractivity contribution is 8.05. The average Bonchev–Trinajstić information content (AvgIpc) is 2.32. The molecule has 0 aliphatic heterocycles. The summed E-state index contributed by atoms with van der Waals surface area (Å²) < 4.78 is 22.9. The van der Waals surface area contributed by atoms with Crippen molar-refractivity contribution < 1.29 is 62.8 Å². The summed E-state index contributed by atoms with van der Waals surface area (Å²) in [6.45, 7) is -10.2. The predicted molar refractivity (Wildman–Crippen MR) is 68.8 cm³/mol. The lowest BCUT2D eigenvalue weighted by Gasteiger charge is -2.53. The van der Waals surface area contributed by atoms with E-state index in [1.54, 1.807) is 0 Å². The molecule has 0 spiro atoms. The fourth-order valence-electron chi connectivity index (χ4n) is 1.98. The molecule has 18 heteroatoms. The Balaban J connectivity index is 3.23. The number of aliphatic hydroxyl groups excluding tert-OH is 3. The molecule has 1 aliphatic rings. The van der Waals surface area contributed by atoms with E-state index in [-0.39, 0.29) is 0 Å². The second-order valence-corrected chi connectivity index (χ2v) is 10.5. The summed E-state index contributed by atoms with van der Waals surface area (Å²) in [4.78, 5) is 65.4. The van der Waals surface area contributed by atoms with Gasteiger partial charge in [-0.2, -0.15) is 0 Å². The predicted octanol–water partition coefficient (Wildman–Crippen LogP) is -7.04. The largest absolute Gasteiger partial charge is 0.812 e. The zero-order valence-electron chi connectivity index (χ0n) is 11.0. The van der Waals surface area contributed by atoms with Gasteiger partial charge in [0.05, 0.1) is 7.82 Å². The van der Waals surface area contributed by atoms with Crippen molar-refractivity contribution in [2.45, 2.75) is 36.6 Å². The molecule has 13 nitrogen and oxygen atoms in total. The second-order valence-electron chi connectivity index (χ2n) is 4.52. The molecule has 3 N–H and O–H groups in total. The first-order valence-corrected chi connectivity index (χ1v) is 12.2. The summed E-state index contributed by atoms with van der Waals surface area (Å²) in [5.41, 5.74) is 0. The van der Waals surface area contributed by atoms with E-state index in [9.17, 15) is 49.2 Å². The van der Waals surface area contributed by atoms with Crippen LogP contribution in [-0.4, -0.2) is 51.9 Å². The molecule has 144 valence electrons. The van der Waals surface area contributed by atoms with E-state index >= 15 is 0 Å². The van der Waals surface area contributed by atoms with Crippen molar-refractivity contribution in [1.29, 1.82) is 0 Å². The summed E-state index contributed by atoms with van der Waals surface area (Å²) in [6.07, 6.45) is -14.2. The number of rotatable bonds is 6. The van der Waals surface area contributed by atoms with Crippen molar-refractivity contribution in [1.82, 2.24) is 0 Å². The van der Waals surface area contributed by atoms with Gasteiger partial charge < -0.3 is 62.8 Å². The van der Waals surface area contributed by atoms with Gasteiger partial charge in [-0.25, -0.2) is 0 Å². The van der Waals surface area contributed by atoms with Crippen molar-refractivity contribution >= 4 is 44.9 Å². The molecule has 1 aliphatic carbocycles. The molecule has 0 heterocycles. The second kappa shape index (κ2) is 7.97. The van der Waals surface area contributed by atoms with Crippen molar-refractivity contribution in [2.75, 3.05) is 0 Å². The van der Waals surface area contributed by atoms with Gasteiger partial charge >= 0.3 is 0 Å². The third kappa shape index (κ3) is 6.99. The third-order valence-corrected chi connectivity index (χ3v) is 4.79. The first-order valence-electron chi connectivity index (χ1n) is 5.67. The minimum absolute atomic E-state index is 2.28. The molecule has 6 atom stereocenters. The highest BCUT2D eigenvalue weighted by Crippen LogP contribution is 2.43. The van der Waals surface area contributed by atoms with Crippen LogP contribution in [0.3, 0.4) is 0 Å². The molecule has 0 radical (unpaired) electrons. The standard InChI is InChI=1S/C6H15O13P3S2/c7-1-2(8)5(18-21(13,14)23)6(19-22(15,16)24)3(9)4(1)17-20(10,11)12/h1-9H,(H2,10,11,12)(H2,13,14,23)(H2,15,16,24)/p-6. The molecule has 1 fully saturated rings. The number of phosphoric acid groups is 1. The normalized spacial score (nSPS) is 35.9. The van der Waals surface area contributed by atoms with Crippen LogP contribution in [0.4, 0.5) is 0 Å². The third-order valence-electron chi connectivity index (χ3n) is 2.77. The van der Waals surface area contributed by atoms with E-state index in [0.29, 0.717) is 0 Å². The summed E-state index contributed by atoms with van der Waals surface area (Å²) in [5.74, 6) is 0. The number of hydrogen-bond donors (Lipinski definition) is 3. The highest BCUT2D eigenvalue weighted by Gasteiger charge is 2.52. The maximum absolute atomic E-state index is 11.1. The lowest BCUT2D eigenvalue weighted by atomic mass is 9.85. The van der Waals surface area contributed by atoms with E-state index in [2.05, 4.69) is 37.2 Å². The Morgan fingerprint density at radius 1 is 0.667 bits per heavy atom. The lowest BCUT2D eigenvalue weighted by molar-refractivity contribution is -0.360. The van der Waals surface area contributed by atoms with E-state index < -0.39 is 57.9 Å². The van der Waals surface area contributed by atoms with E-state index in [1.807, 2.05) is 0 Å². The van der Waals surface area contributed by atoms with Gasteiger partial charge in [-0.15, -0.1) is 23.6 Å². The van der Waals surface area contributed by atoms with Gasteiger partial charge in [0.25, 0.3) is 0 Å². The maximum atomic E-state index is 11.1. The minimum atomic E-state index is -5.81.